The van der Waals surface area contributed by atoms with Crippen molar-refractivity contribution in [1.82, 2.24) is 26.2 Å². The third-order valence-corrected chi connectivity index (χ3v) is 7.27. The number of urea groups is 1. The van der Waals surface area contributed by atoms with Gasteiger partial charge in [-0.05, 0) is 42.9 Å². The van der Waals surface area contributed by atoms with Crippen LogP contribution in [0.5, 0.6) is 0 Å². The molecule has 18 nitrogen and oxygen atoms in total. The number of primary amides is 1. The molecule has 50 heavy (non-hydrogen) atoms. The first-order valence-corrected chi connectivity index (χ1v) is 15.8. The van der Waals surface area contributed by atoms with Gasteiger partial charge in [0.1, 0.15) is 24.7 Å². The van der Waals surface area contributed by atoms with Gasteiger partial charge in [0.15, 0.2) is 0 Å². The highest BCUT2D eigenvalue weighted by molar-refractivity contribution is 6.13. The number of nitrogens with zero attached hydrogens (tertiary/aromatic N) is 1. The minimum absolute atomic E-state index is 0.0383. The molecule has 1 heterocycles. The van der Waals surface area contributed by atoms with Crippen molar-refractivity contribution in [3.63, 3.8) is 0 Å². The number of hydrogen-bond acceptors (Lipinski definition) is 10. The van der Waals surface area contributed by atoms with E-state index in [1.807, 2.05) is 0 Å². The fourth-order valence-electron chi connectivity index (χ4n) is 4.60. The molecular formula is C32H43N7O11. The number of carbonyl (C=O) groups is 9. The van der Waals surface area contributed by atoms with Crippen LogP contribution in [-0.2, 0) is 49.7 Å². The number of ether oxygens (including phenoxy) is 1. The normalized spacial score (nSPS) is 14.0. The zero-order valence-corrected chi connectivity index (χ0v) is 28.0. The van der Waals surface area contributed by atoms with Gasteiger partial charge < -0.3 is 42.2 Å². The summed E-state index contributed by atoms with van der Waals surface area (Å²) in [5.41, 5.74) is 6.15. The van der Waals surface area contributed by atoms with E-state index in [1.54, 1.807) is 38.1 Å². The van der Waals surface area contributed by atoms with Gasteiger partial charge in [-0.2, -0.15) is 0 Å². The van der Waals surface area contributed by atoms with Gasteiger partial charge >= 0.3 is 18.0 Å². The van der Waals surface area contributed by atoms with Gasteiger partial charge in [-0.3, -0.25) is 43.3 Å². The third kappa shape index (κ3) is 14.1. The number of aliphatic carboxylic acids is 1. The summed E-state index contributed by atoms with van der Waals surface area (Å²) in [6, 6.07) is 1.87. The molecule has 18 heteroatoms. The molecular weight excluding hydrogens is 658 g/mol. The first kappa shape index (κ1) is 40.4. The van der Waals surface area contributed by atoms with Gasteiger partial charge in [0.2, 0.25) is 23.6 Å². The second-order valence-corrected chi connectivity index (χ2v) is 11.7. The number of nitrogens with one attached hydrogen (secondary N) is 5. The number of hydrogen-bond donors (Lipinski definition) is 7. The summed E-state index contributed by atoms with van der Waals surface area (Å²) in [6.45, 7) is 4.39. The van der Waals surface area contributed by atoms with Crippen molar-refractivity contribution >= 4 is 59.1 Å². The molecule has 0 aliphatic carbocycles. The molecule has 0 bridgehead atoms. The molecule has 0 radical (unpaired) electrons. The highest BCUT2D eigenvalue weighted by Gasteiger charge is 2.32. The lowest BCUT2D eigenvalue weighted by Gasteiger charge is -2.27. The minimum Gasteiger partial charge on any atom is -0.481 e. The van der Waals surface area contributed by atoms with Crippen LogP contribution in [0, 0.1) is 5.92 Å². The molecule has 1 aromatic rings. The molecule has 8 amide bonds. The molecule has 3 atom stereocenters. The lowest BCUT2D eigenvalue weighted by atomic mass is 10.0. The lowest BCUT2D eigenvalue weighted by molar-refractivity contribution is -0.142. The fourth-order valence-corrected chi connectivity index (χ4v) is 4.60. The maximum Gasteiger partial charge on any atom is 0.312 e. The summed E-state index contributed by atoms with van der Waals surface area (Å²) >= 11 is 0. The predicted octanol–water partition coefficient (Wildman–Crippen LogP) is -0.573. The molecule has 8 N–H and O–H groups in total. The number of carbonyl (C=O) groups excluding carboxylic acids is 8. The van der Waals surface area contributed by atoms with Crippen LogP contribution in [0.25, 0.3) is 0 Å². The van der Waals surface area contributed by atoms with Crippen LogP contribution < -0.4 is 32.3 Å². The number of carboxylic acid groups (broad SMARTS) is 1. The van der Waals surface area contributed by atoms with E-state index in [9.17, 15) is 48.3 Å². The van der Waals surface area contributed by atoms with Crippen LogP contribution in [0.15, 0.2) is 36.4 Å². The van der Waals surface area contributed by atoms with Crippen LogP contribution in [0.3, 0.4) is 0 Å². The van der Waals surface area contributed by atoms with Crippen molar-refractivity contribution in [1.29, 1.82) is 0 Å². The van der Waals surface area contributed by atoms with E-state index >= 15 is 0 Å². The molecule has 1 aliphatic rings. The van der Waals surface area contributed by atoms with Gasteiger partial charge in [0.25, 0.3) is 11.8 Å². The van der Waals surface area contributed by atoms with E-state index in [0.717, 1.165) is 17.1 Å². The van der Waals surface area contributed by atoms with E-state index in [2.05, 4.69) is 26.6 Å². The molecule has 0 unspecified atom stereocenters. The van der Waals surface area contributed by atoms with Gasteiger partial charge in [0.05, 0.1) is 0 Å². The molecule has 0 spiro atoms. The summed E-state index contributed by atoms with van der Waals surface area (Å²) in [4.78, 5) is 111. The van der Waals surface area contributed by atoms with Crippen LogP contribution in [-0.4, -0.2) is 94.6 Å². The molecule has 0 saturated carbocycles. The summed E-state index contributed by atoms with van der Waals surface area (Å²) in [5.74, 6) is -6.42. The summed E-state index contributed by atoms with van der Waals surface area (Å²) in [7, 11) is 0. The Hall–Kier alpha value is -5.81. The lowest BCUT2D eigenvalue weighted by Crippen LogP contribution is -2.58. The smallest absolute Gasteiger partial charge is 0.312 e. The topological polar surface area (TPSA) is 272 Å². The van der Waals surface area contributed by atoms with E-state index in [4.69, 9.17) is 10.5 Å². The zero-order valence-electron chi connectivity index (χ0n) is 28.0. The predicted molar refractivity (Wildman–Crippen MR) is 175 cm³/mol. The van der Waals surface area contributed by atoms with Crippen molar-refractivity contribution in [3.05, 3.63) is 42.0 Å². The van der Waals surface area contributed by atoms with Crippen LogP contribution in [0.4, 0.5) is 10.5 Å². The number of esters is 1. The largest absolute Gasteiger partial charge is 0.481 e. The van der Waals surface area contributed by atoms with Gasteiger partial charge in [0, 0.05) is 50.7 Å². The number of rotatable bonds is 20. The number of benzene rings is 1. The number of nitrogens with two attached hydrogens (primary N) is 1. The monoisotopic (exact) mass is 701 g/mol. The number of amides is 8. The molecule has 272 valence electrons. The second-order valence-electron chi connectivity index (χ2n) is 11.7. The number of anilines is 1. The Balaban J connectivity index is 2.14. The maximum atomic E-state index is 13.5. The van der Waals surface area contributed by atoms with E-state index < -0.39 is 83.9 Å². The standard InChI is InChI=1S/C32H43N7O11/c1-18(2)28(38-30(47)23(10-13-27(44)45)36-24(41)14-16-39-25(42)11-12-26(39)43)31(48)37-22(5-4-15-34-32(33)49)29(46)35-21-8-6-20(7-9-21)17-50-19(3)40/h6-9,11-12,18,22-23,28H,4-5,10,13-17H2,1-3H3,(H,35,46)(H,36,41)(H,37,48)(H,38,47)(H,44,45)(H3,33,34,49)/t22-,23-,28-/m0/s1. The highest BCUT2D eigenvalue weighted by Crippen LogP contribution is 2.13. The Morgan fingerprint density at radius 2 is 1.46 bits per heavy atom. The molecule has 0 saturated heterocycles. The first-order chi connectivity index (χ1) is 23.6. The highest BCUT2D eigenvalue weighted by atomic mass is 16.5. The summed E-state index contributed by atoms with van der Waals surface area (Å²) in [5, 5.41) is 21.8. The Morgan fingerprint density at radius 1 is 0.840 bits per heavy atom. The Morgan fingerprint density at radius 3 is 2.02 bits per heavy atom. The molecule has 0 fully saturated rings. The van der Waals surface area contributed by atoms with Crippen molar-refractivity contribution in [2.24, 2.45) is 11.7 Å². The molecule has 0 aromatic heterocycles. The van der Waals surface area contributed by atoms with E-state index in [-0.39, 0.29) is 45.4 Å². The van der Waals surface area contributed by atoms with E-state index in [1.165, 1.54) is 6.92 Å². The molecule has 1 aromatic carbocycles. The Labute approximate surface area is 287 Å². The summed E-state index contributed by atoms with van der Waals surface area (Å²) < 4.78 is 4.95. The van der Waals surface area contributed by atoms with Crippen LogP contribution in [0.1, 0.15) is 58.4 Å². The Kier molecular flexibility index (Phi) is 16.0. The first-order valence-electron chi connectivity index (χ1n) is 15.8. The number of imide groups is 1. The molecule has 1 aliphatic heterocycles. The van der Waals surface area contributed by atoms with Crippen LogP contribution in [0.2, 0.25) is 0 Å². The van der Waals surface area contributed by atoms with Crippen molar-refractivity contribution < 1.29 is 53.0 Å². The van der Waals surface area contributed by atoms with Gasteiger partial charge in [-0.1, -0.05) is 26.0 Å². The number of carboxylic acids is 1. The van der Waals surface area contributed by atoms with Crippen LogP contribution >= 0.6 is 0 Å². The Bertz CT molecular complexity index is 1460. The van der Waals surface area contributed by atoms with Crippen molar-refractivity contribution in [3.8, 4) is 0 Å². The average Bonchev–Trinajstić information content (AvgIpc) is 3.37. The fraction of sp³-hybridized carbons (Fsp3) is 0.469. The minimum atomic E-state index is -1.39. The summed E-state index contributed by atoms with van der Waals surface area (Å²) in [6.07, 6.45) is 1.19. The second kappa shape index (κ2) is 19.9. The average molecular weight is 702 g/mol. The quantitative estimate of drug-likeness (QED) is 0.0514. The van der Waals surface area contributed by atoms with Gasteiger partial charge in [-0.25, -0.2) is 4.79 Å². The molecule has 2 rings (SSSR count). The van der Waals surface area contributed by atoms with E-state index in [0.29, 0.717) is 11.3 Å². The van der Waals surface area contributed by atoms with Crippen molar-refractivity contribution in [2.75, 3.05) is 18.4 Å². The maximum absolute atomic E-state index is 13.5. The van der Waals surface area contributed by atoms with Gasteiger partial charge in [-0.15, -0.1) is 0 Å². The SMILES string of the molecule is CC(=O)OCc1ccc(NC(=O)[C@H](CCCNC(N)=O)NC(=O)[C@@H](NC(=O)[C@H](CCC(=O)O)NC(=O)CCN2C(=O)C=CC2=O)C(C)C)cc1. The third-order valence-electron chi connectivity index (χ3n) is 7.27. The zero-order chi connectivity index (χ0) is 37.4. The van der Waals surface area contributed by atoms with Crippen molar-refractivity contribution in [2.45, 2.75) is 77.6 Å².